The third-order valence-electron chi connectivity index (χ3n) is 3.64. The molecule has 7 nitrogen and oxygen atoms in total. The first-order valence-corrected chi connectivity index (χ1v) is 9.06. The van der Waals surface area contributed by atoms with Gasteiger partial charge in [-0.05, 0) is 44.5 Å². The van der Waals surface area contributed by atoms with Gasteiger partial charge in [-0.3, -0.25) is 9.78 Å². The zero-order valence-electron chi connectivity index (χ0n) is 16.5. The van der Waals surface area contributed by atoms with Crippen molar-refractivity contribution >= 4 is 41.5 Å². The van der Waals surface area contributed by atoms with Crippen LogP contribution < -0.4 is 20.7 Å². The van der Waals surface area contributed by atoms with Crippen LogP contribution in [0.25, 0.3) is 0 Å². The first kappa shape index (κ1) is 23.7. The molecule has 152 valence electrons. The zero-order valence-corrected chi connectivity index (χ0v) is 18.8. The van der Waals surface area contributed by atoms with Crippen LogP contribution in [-0.2, 0) is 11.3 Å². The molecule has 28 heavy (non-hydrogen) atoms. The lowest BCUT2D eigenvalue weighted by Gasteiger charge is -2.13. The van der Waals surface area contributed by atoms with E-state index in [-0.39, 0.29) is 36.4 Å². The van der Waals surface area contributed by atoms with Gasteiger partial charge in [-0.2, -0.15) is 0 Å². The van der Waals surface area contributed by atoms with Crippen molar-refractivity contribution in [2.45, 2.75) is 27.3 Å². The molecule has 0 atom stereocenters. The average Bonchev–Trinajstić information content (AvgIpc) is 2.66. The van der Waals surface area contributed by atoms with Crippen LogP contribution in [0.15, 0.2) is 47.7 Å². The molecule has 0 bridgehead atoms. The fourth-order valence-electron chi connectivity index (χ4n) is 2.39. The van der Waals surface area contributed by atoms with Crippen LogP contribution in [0.3, 0.4) is 0 Å². The molecular weight excluding hydrogens is 469 g/mol. The Morgan fingerprint density at radius 1 is 1.21 bits per heavy atom. The maximum atomic E-state index is 12.1. The number of hydrogen-bond donors (Lipinski definition) is 3. The normalized spacial score (nSPS) is 10.6. The molecule has 1 heterocycles. The van der Waals surface area contributed by atoms with Gasteiger partial charge in [0.2, 0.25) is 5.91 Å². The number of aryl methyl sites for hydroxylation is 1. The van der Waals surface area contributed by atoms with Gasteiger partial charge in [0.25, 0.3) is 0 Å². The number of hydrogen-bond acceptors (Lipinski definition) is 4. The molecule has 1 aromatic carbocycles. The first-order chi connectivity index (χ1) is 13.1. The van der Waals surface area contributed by atoms with Gasteiger partial charge in [-0.15, -0.1) is 24.0 Å². The van der Waals surface area contributed by atoms with Crippen molar-refractivity contribution in [1.29, 1.82) is 0 Å². The van der Waals surface area contributed by atoms with E-state index in [0.717, 1.165) is 16.9 Å². The van der Waals surface area contributed by atoms with Crippen molar-refractivity contribution in [3.63, 3.8) is 0 Å². The van der Waals surface area contributed by atoms with Gasteiger partial charge in [-0.25, -0.2) is 4.99 Å². The van der Waals surface area contributed by atoms with Crippen LogP contribution in [0.4, 0.5) is 5.69 Å². The van der Waals surface area contributed by atoms with E-state index < -0.39 is 0 Å². The minimum Gasteiger partial charge on any atom is -0.494 e. The van der Waals surface area contributed by atoms with Crippen molar-refractivity contribution in [2.75, 3.05) is 25.0 Å². The molecular formula is C20H28IN5O2. The standard InChI is InChI=1S/C20H27N5O2.HI/c1-4-22-20(24-14-19(26)25-17-7-6-10-21-13-17)23-12-16-9-8-15(3)11-18(16)27-5-2;/h6-11,13H,4-5,12,14H2,1-3H3,(H,25,26)(H2,22,23,24);1H. The molecule has 0 aliphatic heterocycles. The molecule has 0 aliphatic rings. The van der Waals surface area contributed by atoms with Gasteiger partial charge in [0.1, 0.15) is 5.75 Å². The van der Waals surface area contributed by atoms with Crippen LogP contribution >= 0.6 is 24.0 Å². The van der Waals surface area contributed by atoms with E-state index in [1.54, 1.807) is 24.5 Å². The summed E-state index contributed by atoms with van der Waals surface area (Å²) in [6.45, 7) is 7.83. The summed E-state index contributed by atoms with van der Waals surface area (Å²) in [6.07, 6.45) is 3.26. The lowest BCUT2D eigenvalue weighted by Crippen LogP contribution is -2.41. The molecule has 0 aliphatic carbocycles. The number of nitrogens with zero attached hydrogens (tertiary/aromatic N) is 2. The number of guanidine groups is 1. The second kappa shape index (κ2) is 12.9. The predicted molar refractivity (Wildman–Crippen MR) is 123 cm³/mol. The number of pyridine rings is 1. The minimum absolute atomic E-state index is 0. The number of aliphatic imine (C=N–C) groups is 1. The van der Waals surface area contributed by atoms with Crippen LogP contribution in [0.5, 0.6) is 5.75 Å². The molecule has 0 radical (unpaired) electrons. The topological polar surface area (TPSA) is 87.6 Å². The van der Waals surface area contributed by atoms with Gasteiger partial charge in [0.05, 0.1) is 31.6 Å². The highest BCUT2D eigenvalue weighted by molar-refractivity contribution is 14.0. The molecule has 8 heteroatoms. The van der Waals surface area contributed by atoms with E-state index in [1.807, 2.05) is 39.0 Å². The molecule has 0 spiro atoms. The molecule has 0 saturated heterocycles. The lowest BCUT2D eigenvalue weighted by atomic mass is 10.1. The fraction of sp³-hybridized carbons (Fsp3) is 0.350. The van der Waals surface area contributed by atoms with E-state index in [1.165, 1.54) is 0 Å². The average molecular weight is 497 g/mol. The molecule has 1 aromatic heterocycles. The highest BCUT2D eigenvalue weighted by Crippen LogP contribution is 2.21. The highest BCUT2D eigenvalue weighted by atomic mass is 127. The molecule has 0 unspecified atom stereocenters. The number of halogens is 1. The van der Waals surface area contributed by atoms with Gasteiger partial charge in [0, 0.05) is 18.3 Å². The number of aromatic nitrogens is 1. The second-order valence-corrected chi connectivity index (χ2v) is 5.88. The monoisotopic (exact) mass is 497 g/mol. The number of rotatable bonds is 8. The Morgan fingerprint density at radius 2 is 2.04 bits per heavy atom. The number of carbonyl (C=O) groups is 1. The third-order valence-corrected chi connectivity index (χ3v) is 3.64. The minimum atomic E-state index is -0.168. The summed E-state index contributed by atoms with van der Waals surface area (Å²) in [6, 6.07) is 9.62. The van der Waals surface area contributed by atoms with Crippen LogP contribution in [-0.4, -0.2) is 36.5 Å². The Bertz CT molecular complexity index is 768. The number of ether oxygens (including phenoxy) is 1. The molecule has 3 N–H and O–H groups in total. The summed E-state index contributed by atoms with van der Waals surface area (Å²) in [5.41, 5.74) is 2.80. The fourth-order valence-corrected chi connectivity index (χ4v) is 2.39. The van der Waals surface area contributed by atoms with Crippen molar-refractivity contribution in [3.8, 4) is 5.75 Å². The van der Waals surface area contributed by atoms with Crippen LogP contribution in [0, 0.1) is 6.92 Å². The van der Waals surface area contributed by atoms with Gasteiger partial charge < -0.3 is 20.7 Å². The SMILES string of the molecule is CCNC(=NCc1ccc(C)cc1OCC)NCC(=O)Nc1cccnc1.I. The molecule has 0 fully saturated rings. The lowest BCUT2D eigenvalue weighted by molar-refractivity contribution is -0.115. The molecule has 2 aromatic rings. The van der Waals surface area contributed by atoms with Crippen LogP contribution in [0.2, 0.25) is 0 Å². The Morgan fingerprint density at radius 3 is 2.71 bits per heavy atom. The summed E-state index contributed by atoms with van der Waals surface area (Å²) < 4.78 is 5.69. The van der Waals surface area contributed by atoms with Gasteiger partial charge in [0.15, 0.2) is 5.96 Å². The quantitative estimate of drug-likeness (QED) is 0.297. The molecule has 1 amide bonds. The predicted octanol–water partition coefficient (Wildman–Crippen LogP) is 3.10. The maximum absolute atomic E-state index is 12.1. The third kappa shape index (κ3) is 8.12. The Kier molecular flexibility index (Phi) is 10.9. The first-order valence-electron chi connectivity index (χ1n) is 9.06. The van der Waals surface area contributed by atoms with E-state index >= 15 is 0 Å². The smallest absolute Gasteiger partial charge is 0.243 e. The number of amides is 1. The molecule has 2 rings (SSSR count). The Hall–Kier alpha value is -2.36. The summed E-state index contributed by atoms with van der Waals surface area (Å²) >= 11 is 0. The molecule has 0 saturated carbocycles. The Balaban J connectivity index is 0.00000392. The van der Waals surface area contributed by atoms with Crippen molar-refractivity contribution < 1.29 is 9.53 Å². The highest BCUT2D eigenvalue weighted by Gasteiger charge is 2.07. The van der Waals surface area contributed by atoms with Gasteiger partial charge >= 0.3 is 0 Å². The van der Waals surface area contributed by atoms with E-state index in [2.05, 4.69) is 25.9 Å². The number of benzene rings is 1. The number of carbonyl (C=O) groups excluding carboxylic acids is 1. The van der Waals surface area contributed by atoms with Crippen molar-refractivity contribution in [3.05, 3.63) is 53.9 Å². The number of anilines is 1. The van der Waals surface area contributed by atoms with Crippen molar-refractivity contribution in [1.82, 2.24) is 15.6 Å². The van der Waals surface area contributed by atoms with E-state index in [9.17, 15) is 4.79 Å². The van der Waals surface area contributed by atoms with Gasteiger partial charge in [-0.1, -0.05) is 12.1 Å². The second-order valence-electron chi connectivity index (χ2n) is 5.88. The number of nitrogens with one attached hydrogen (secondary N) is 3. The largest absolute Gasteiger partial charge is 0.494 e. The summed E-state index contributed by atoms with van der Waals surface area (Å²) in [7, 11) is 0. The summed E-state index contributed by atoms with van der Waals surface area (Å²) in [5, 5.41) is 8.96. The summed E-state index contributed by atoms with van der Waals surface area (Å²) in [5.74, 6) is 1.24. The Labute approximate surface area is 183 Å². The maximum Gasteiger partial charge on any atom is 0.243 e. The van der Waals surface area contributed by atoms with Crippen LogP contribution in [0.1, 0.15) is 25.0 Å². The van der Waals surface area contributed by atoms with E-state index in [0.29, 0.717) is 31.3 Å². The zero-order chi connectivity index (χ0) is 19.5. The van der Waals surface area contributed by atoms with E-state index in [4.69, 9.17) is 4.74 Å². The summed E-state index contributed by atoms with van der Waals surface area (Å²) in [4.78, 5) is 20.6. The van der Waals surface area contributed by atoms with Crippen molar-refractivity contribution in [2.24, 2.45) is 4.99 Å².